The van der Waals surface area contributed by atoms with Crippen molar-refractivity contribution in [1.82, 2.24) is 0 Å². The van der Waals surface area contributed by atoms with Crippen LogP contribution in [0.2, 0.25) is 0 Å². The van der Waals surface area contributed by atoms with Crippen molar-refractivity contribution >= 4 is 32.4 Å². The molecule has 1 heterocycles. The molecule has 2 aliphatic rings. The molecule has 0 aromatic heterocycles. The third-order valence-corrected chi connectivity index (χ3v) is 6.98. The summed E-state index contributed by atoms with van der Waals surface area (Å²) >= 11 is 2.20. The molecule has 1 aliphatic carbocycles. The first-order chi connectivity index (χ1) is 6.98. The topological polar surface area (TPSA) is 43.4 Å². The summed E-state index contributed by atoms with van der Waals surface area (Å²) in [7, 11) is -2.84. The van der Waals surface area contributed by atoms with E-state index in [4.69, 9.17) is 4.74 Å². The van der Waals surface area contributed by atoms with E-state index in [1.165, 1.54) is 19.3 Å². The van der Waals surface area contributed by atoms with E-state index in [9.17, 15) is 8.42 Å². The van der Waals surface area contributed by atoms with E-state index in [-0.39, 0.29) is 27.6 Å². The molecule has 2 fully saturated rings. The molecule has 1 saturated heterocycles. The standard InChI is InChI=1S/C10H17IO3S/c1-7(8-3-2-4-8)14-10-6-15(12,13)5-9(10)11/h7-10H,2-6H2,1H3. The Morgan fingerprint density at radius 3 is 2.40 bits per heavy atom. The zero-order chi connectivity index (χ0) is 11.1. The number of hydrogen-bond donors (Lipinski definition) is 0. The lowest BCUT2D eigenvalue weighted by Crippen LogP contribution is -2.34. The van der Waals surface area contributed by atoms with Gasteiger partial charge >= 0.3 is 0 Å². The third kappa shape index (κ3) is 2.85. The highest BCUT2D eigenvalue weighted by molar-refractivity contribution is 14.1. The molecule has 0 bridgehead atoms. The highest BCUT2D eigenvalue weighted by Crippen LogP contribution is 2.33. The maximum absolute atomic E-state index is 11.4. The molecule has 0 radical (unpaired) electrons. The minimum absolute atomic E-state index is 0.0776. The molecule has 5 heteroatoms. The summed E-state index contributed by atoms with van der Waals surface area (Å²) in [6.07, 6.45) is 3.94. The third-order valence-electron chi connectivity index (χ3n) is 3.44. The van der Waals surface area contributed by atoms with E-state index in [2.05, 4.69) is 29.5 Å². The van der Waals surface area contributed by atoms with Crippen molar-refractivity contribution in [1.29, 1.82) is 0 Å². The number of alkyl halides is 1. The van der Waals surface area contributed by atoms with Gasteiger partial charge in [0.15, 0.2) is 9.84 Å². The van der Waals surface area contributed by atoms with Crippen LogP contribution >= 0.6 is 22.6 Å². The molecule has 3 atom stereocenters. The maximum Gasteiger partial charge on any atom is 0.154 e. The van der Waals surface area contributed by atoms with Crippen molar-refractivity contribution < 1.29 is 13.2 Å². The normalized spacial score (nSPS) is 37.5. The smallest absolute Gasteiger partial charge is 0.154 e. The van der Waals surface area contributed by atoms with Crippen molar-refractivity contribution in [3.05, 3.63) is 0 Å². The first kappa shape index (κ1) is 12.1. The summed E-state index contributed by atoms with van der Waals surface area (Å²) in [6, 6.07) is 0. The van der Waals surface area contributed by atoms with E-state index in [0.29, 0.717) is 5.92 Å². The Balaban J connectivity index is 1.89. The molecular formula is C10H17IO3S. The van der Waals surface area contributed by atoms with Crippen LogP contribution in [0.25, 0.3) is 0 Å². The fraction of sp³-hybridized carbons (Fsp3) is 1.00. The van der Waals surface area contributed by atoms with Crippen molar-refractivity contribution in [2.75, 3.05) is 11.5 Å². The first-order valence-electron chi connectivity index (χ1n) is 5.48. The Labute approximate surface area is 105 Å². The molecule has 0 aromatic carbocycles. The quantitative estimate of drug-likeness (QED) is 0.579. The summed E-state index contributed by atoms with van der Waals surface area (Å²) in [5.74, 6) is 1.17. The average Bonchev–Trinajstić information content (AvgIpc) is 2.20. The van der Waals surface area contributed by atoms with Gasteiger partial charge in [-0.15, -0.1) is 0 Å². The number of halogens is 1. The second kappa shape index (κ2) is 4.49. The molecular weight excluding hydrogens is 327 g/mol. The van der Waals surface area contributed by atoms with Crippen LogP contribution in [0, 0.1) is 5.92 Å². The molecule has 2 rings (SSSR count). The predicted molar refractivity (Wildman–Crippen MR) is 68.1 cm³/mol. The van der Waals surface area contributed by atoms with Crippen molar-refractivity contribution in [3.63, 3.8) is 0 Å². The Morgan fingerprint density at radius 2 is 2.00 bits per heavy atom. The van der Waals surface area contributed by atoms with Gasteiger partial charge < -0.3 is 4.74 Å². The van der Waals surface area contributed by atoms with Crippen LogP contribution < -0.4 is 0 Å². The number of hydrogen-bond acceptors (Lipinski definition) is 3. The van der Waals surface area contributed by atoms with E-state index in [0.717, 1.165) is 0 Å². The van der Waals surface area contributed by atoms with E-state index >= 15 is 0 Å². The lowest BCUT2D eigenvalue weighted by molar-refractivity contribution is -0.0364. The summed E-state index contributed by atoms with van der Waals surface area (Å²) in [4.78, 5) is 0. The van der Waals surface area contributed by atoms with Gasteiger partial charge in [-0.3, -0.25) is 0 Å². The zero-order valence-electron chi connectivity index (χ0n) is 8.86. The molecule has 0 amide bonds. The van der Waals surface area contributed by atoms with E-state index < -0.39 is 9.84 Å². The van der Waals surface area contributed by atoms with Gasteiger partial charge in [0.1, 0.15) is 0 Å². The molecule has 0 N–H and O–H groups in total. The molecule has 3 unspecified atom stereocenters. The lowest BCUT2D eigenvalue weighted by Gasteiger charge is -2.33. The largest absolute Gasteiger partial charge is 0.373 e. The van der Waals surface area contributed by atoms with E-state index in [1.807, 2.05) is 0 Å². The lowest BCUT2D eigenvalue weighted by atomic mass is 9.81. The summed E-state index contributed by atoms with van der Waals surface area (Å²) in [6.45, 7) is 2.08. The van der Waals surface area contributed by atoms with Gasteiger partial charge in [0.05, 0.1) is 27.6 Å². The van der Waals surface area contributed by atoms with Crippen LogP contribution in [0.1, 0.15) is 26.2 Å². The molecule has 88 valence electrons. The minimum Gasteiger partial charge on any atom is -0.373 e. The summed E-state index contributed by atoms with van der Waals surface area (Å²) in [5.41, 5.74) is 0. The average molecular weight is 344 g/mol. The molecule has 15 heavy (non-hydrogen) atoms. The molecule has 1 aliphatic heterocycles. The van der Waals surface area contributed by atoms with E-state index in [1.54, 1.807) is 0 Å². The van der Waals surface area contributed by atoms with Gasteiger partial charge in [-0.2, -0.15) is 0 Å². The van der Waals surface area contributed by atoms with Crippen LogP contribution in [0.15, 0.2) is 0 Å². The van der Waals surface area contributed by atoms with Crippen molar-refractivity contribution in [2.24, 2.45) is 5.92 Å². The van der Waals surface area contributed by atoms with Gasteiger partial charge in [-0.25, -0.2) is 8.42 Å². The van der Waals surface area contributed by atoms with Gasteiger partial charge in [0.2, 0.25) is 0 Å². The summed E-state index contributed by atoms with van der Waals surface area (Å²) < 4.78 is 28.8. The monoisotopic (exact) mass is 344 g/mol. The molecule has 0 aromatic rings. The highest BCUT2D eigenvalue weighted by Gasteiger charge is 2.39. The summed E-state index contributed by atoms with van der Waals surface area (Å²) in [5, 5.41) is 0. The van der Waals surface area contributed by atoms with Gasteiger partial charge in [0, 0.05) is 0 Å². The van der Waals surface area contributed by atoms with Crippen LogP contribution in [-0.4, -0.2) is 36.1 Å². The SMILES string of the molecule is CC(OC1CS(=O)(=O)CC1I)C1CCC1. The van der Waals surface area contributed by atoms with Crippen LogP contribution in [-0.2, 0) is 14.6 Å². The highest BCUT2D eigenvalue weighted by atomic mass is 127. The van der Waals surface area contributed by atoms with Gasteiger partial charge in [-0.05, 0) is 25.7 Å². The molecule has 1 saturated carbocycles. The minimum atomic E-state index is -2.84. The fourth-order valence-electron chi connectivity index (χ4n) is 2.19. The Hall–Kier alpha value is 0.640. The van der Waals surface area contributed by atoms with Crippen molar-refractivity contribution in [3.8, 4) is 0 Å². The molecule has 0 spiro atoms. The number of sulfone groups is 1. The first-order valence-corrected chi connectivity index (χ1v) is 8.54. The fourth-order valence-corrected chi connectivity index (χ4v) is 6.25. The van der Waals surface area contributed by atoms with Gasteiger partial charge in [-0.1, -0.05) is 29.0 Å². The van der Waals surface area contributed by atoms with Crippen molar-refractivity contribution in [2.45, 2.75) is 42.3 Å². The van der Waals surface area contributed by atoms with Crippen LogP contribution in [0.4, 0.5) is 0 Å². The second-order valence-electron chi connectivity index (χ2n) is 4.66. The second-order valence-corrected chi connectivity index (χ2v) is 8.42. The van der Waals surface area contributed by atoms with Crippen LogP contribution in [0.5, 0.6) is 0 Å². The van der Waals surface area contributed by atoms with Gasteiger partial charge in [0.25, 0.3) is 0 Å². The Bertz CT molecular complexity index is 324. The molecule has 3 nitrogen and oxygen atoms in total. The Morgan fingerprint density at radius 1 is 1.33 bits per heavy atom. The number of ether oxygens (including phenoxy) is 1. The Kier molecular flexibility index (Phi) is 3.62. The zero-order valence-corrected chi connectivity index (χ0v) is 11.8. The predicted octanol–water partition coefficient (Wildman–Crippen LogP) is 1.79. The number of rotatable bonds is 3. The van der Waals surface area contributed by atoms with Crippen LogP contribution in [0.3, 0.4) is 0 Å². The maximum atomic E-state index is 11.4.